The molecule has 4 rings (SSSR count). The third-order valence-electron chi connectivity index (χ3n) is 7.39. The summed E-state index contributed by atoms with van der Waals surface area (Å²) in [4.78, 5) is 38.2. The summed E-state index contributed by atoms with van der Waals surface area (Å²) < 4.78 is 11.0. The van der Waals surface area contributed by atoms with E-state index in [1.165, 1.54) is 7.11 Å². The van der Waals surface area contributed by atoms with Crippen LogP contribution in [0.4, 0.5) is 5.69 Å². The van der Waals surface area contributed by atoms with Crippen LogP contribution in [0.2, 0.25) is 5.02 Å². The van der Waals surface area contributed by atoms with Crippen LogP contribution in [0.1, 0.15) is 54.7 Å². The van der Waals surface area contributed by atoms with Crippen LogP contribution in [0.25, 0.3) is 11.3 Å². The lowest BCUT2D eigenvalue weighted by molar-refractivity contribution is -0.122. The number of rotatable bonds is 7. The van der Waals surface area contributed by atoms with Crippen LogP contribution in [-0.2, 0) is 16.1 Å². The Morgan fingerprint density at radius 1 is 1.02 bits per heavy atom. The Kier molecular flexibility index (Phi) is 11.0. The summed E-state index contributed by atoms with van der Waals surface area (Å²) in [6.45, 7) is 9.52. The molecule has 0 unspecified atom stereocenters. The molecule has 0 N–H and O–H groups in total. The van der Waals surface area contributed by atoms with Gasteiger partial charge in [-0.15, -0.1) is 0 Å². The number of ether oxygens (including phenoxy) is 2. The minimum Gasteiger partial charge on any atom is -0.493 e. The van der Waals surface area contributed by atoms with E-state index >= 15 is 0 Å². The van der Waals surface area contributed by atoms with E-state index in [-0.39, 0.29) is 24.3 Å². The van der Waals surface area contributed by atoms with Gasteiger partial charge in [-0.25, -0.2) is 0 Å². The molecule has 1 aliphatic heterocycles. The second-order valence-corrected chi connectivity index (χ2v) is 11.3. The van der Waals surface area contributed by atoms with Gasteiger partial charge in [0.25, 0.3) is 11.8 Å². The number of para-hydroxylation sites is 1. The van der Waals surface area contributed by atoms with E-state index in [2.05, 4.69) is 4.90 Å². The van der Waals surface area contributed by atoms with Crippen LogP contribution in [0.3, 0.4) is 0 Å². The summed E-state index contributed by atoms with van der Waals surface area (Å²) in [7, 11) is 3.58. The third kappa shape index (κ3) is 7.48. The van der Waals surface area contributed by atoms with Gasteiger partial charge in [0.2, 0.25) is 0 Å². The van der Waals surface area contributed by atoms with Crippen LogP contribution in [-0.4, -0.2) is 80.1 Å². The van der Waals surface area contributed by atoms with Gasteiger partial charge in [-0.2, -0.15) is 0 Å². The number of carbonyl (C=O) groups is 2. The quantitative estimate of drug-likeness (QED) is 0.341. The average molecular weight is 593 g/mol. The molecule has 2 amide bonds. The molecule has 1 aromatic heterocycles. The number of fused-ring (bicyclic) bond motifs is 1. The molecule has 0 fully saturated rings. The molecule has 3 aromatic rings. The van der Waals surface area contributed by atoms with Crippen molar-refractivity contribution in [2.45, 2.75) is 39.7 Å². The van der Waals surface area contributed by atoms with E-state index in [1.807, 2.05) is 81.2 Å². The van der Waals surface area contributed by atoms with Gasteiger partial charge in [0, 0.05) is 49.6 Å². The molecule has 224 valence electrons. The van der Waals surface area contributed by atoms with E-state index in [1.54, 1.807) is 11.0 Å². The summed E-state index contributed by atoms with van der Waals surface area (Å²) >= 11 is 6.24. The van der Waals surface area contributed by atoms with Gasteiger partial charge in [-0.3, -0.25) is 14.6 Å². The Bertz CT molecular complexity index is 1400. The lowest BCUT2D eigenvalue weighted by atomic mass is 9.99. The van der Waals surface area contributed by atoms with E-state index in [9.17, 15) is 9.59 Å². The van der Waals surface area contributed by atoms with Crippen LogP contribution >= 0.6 is 11.6 Å². The van der Waals surface area contributed by atoms with Crippen molar-refractivity contribution in [3.8, 4) is 17.0 Å². The highest BCUT2D eigenvalue weighted by Crippen LogP contribution is 2.34. The van der Waals surface area contributed by atoms with Gasteiger partial charge in [0.05, 0.1) is 23.6 Å². The maximum absolute atomic E-state index is 14.3. The fourth-order valence-electron chi connectivity index (χ4n) is 5.25. The van der Waals surface area contributed by atoms with Crippen LogP contribution in [0, 0.1) is 0 Å². The summed E-state index contributed by atoms with van der Waals surface area (Å²) in [6, 6.07) is 17.1. The molecule has 0 atom stereocenters. The van der Waals surface area contributed by atoms with Crippen molar-refractivity contribution in [2.24, 2.45) is 0 Å². The Hall–Kier alpha value is -3.46. The SMILES string of the molecule is CCOc1cc(Cl)ccc1-c1ccc(C(=O)N2CCN(C)CCCN(C(=O)COC)c3ccccc3C2)c(C(C)C)n1. The van der Waals surface area contributed by atoms with Crippen LogP contribution < -0.4 is 9.64 Å². The molecule has 2 aromatic carbocycles. The maximum atomic E-state index is 14.3. The van der Waals surface area contributed by atoms with Gasteiger partial charge in [0.15, 0.2) is 0 Å². The number of anilines is 1. The first kappa shape index (κ1) is 31.5. The van der Waals surface area contributed by atoms with E-state index in [0.29, 0.717) is 49.1 Å². The van der Waals surface area contributed by atoms with Crippen molar-refractivity contribution in [3.05, 3.63) is 76.4 Å². The monoisotopic (exact) mass is 592 g/mol. The van der Waals surface area contributed by atoms with Crippen molar-refractivity contribution in [2.75, 3.05) is 58.5 Å². The molecule has 0 saturated carbocycles. The normalized spacial score (nSPS) is 14.8. The molecular formula is C33H41ClN4O4. The summed E-state index contributed by atoms with van der Waals surface area (Å²) in [5, 5.41) is 0.588. The molecule has 0 aliphatic carbocycles. The second kappa shape index (κ2) is 14.6. The smallest absolute Gasteiger partial charge is 0.256 e. The first-order chi connectivity index (χ1) is 20.2. The minimum atomic E-state index is -0.0970. The molecule has 0 bridgehead atoms. The number of likely N-dealkylation sites (N-methyl/N-ethyl adjacent to an activating group) is 1. The molecule has 1 aliphatic rings. The summed E-state index contributed by atoms with van der Waals surface area (Å²) in [5.41, 5.74) is 4.58. The lowest BCUT2D eigenvalue weighted by Gasteiger charge is -2.28. The molecule has 0 radical (unpaired) electrons. The summed E-state index contributed by atoms with van der Waals surface area (Å²) in [5.74, 6) is 0.481. The number of methoxy groups -OCH3 is 1. The number of hydrogen-bond acceptors (Lipinski definition) is 6. The standard InChI is InChI=1S/C33H41ClN4O4/c1-6-42-30-20-25(34)12-13-26(30)28-15-14-27(32(35-28)23(2)3)33(40)37-19-18-36(4)16-9-17-38(31(39)22-41-5)29-11-8-7-10-24(29)21-37/h7-8,10-15,20,23H,6,9,16-19,21-22H2,1-5H3. The highest BCUT2D eigenvalue weighted by molar-refractivity contribution is 6.30. The first-order valence-corrected chi connectivity index (χ1v) is 14.9. The first-order valence-electron chi connectivity index (χ1n) is 14.5. The van der Waals surface area contributed by atoms with Gasteiger partial charge in [-0.1, -0.05) is 43.6 Å². The average Bonchev–Trinajstić information content (AvgIpc) is 3.00. The molecule has 9 heteroatoms. The molecule has 8 nitrogen and oxygen atoms in total. The highest BCUT2D eigenvalue weighted by atomic mass is 35.5. The summed E-state index contributed by atoms with van der Waals surface area (Å²) in [6.07, 6.45) is 0.811. The maximum Gasteiger partial charge on any atom is 0.256 e. The fourth-order valence-corrected chi connectivity index (χ4v) is 5.41. The number of carbonyl (C=O) groups excluding carboxylic acids is 2. The Labute approximate surface area is 254 Å². The van der Waals surface area contributed by atoms with Gasteiger partial charge in [-0.05, 0) is 74.8 Å². The molecule has 42 heavy (non-hydrogen) atoms. The van der Waals surface area contributed by atoms with Gasteiger partial charge in [0.1, 0.15) is 12.4 Å². The van der Waals surface area contributed by atoms with Crippen molar-refractivity contribution >= 4 is 29.1 Å². The zero-order valence-corrected chi connectivity index (χ0v) is 26.0. The van der Waals surface area contributed by atoms with Gasteiger partial charge >= 0.3 is 0 Å². The number of benzene rings is 2. The number of halogens is 1. The Morgan fingerprint density at radius 2 is 1.81 bits per heavy atom. The van der Waals surface area contributed by atoms with Crippen LogP contribution in [0.5, 0.6) is 5.75 Å². The van der Waals surface area contributed by atoms with Gasteiger partial charge < -0.3 is 24.2 Å². The van der Waals surface area contributed by atoms with E-state index in [4.69, 9.17) is 26.1 Å². The number of amides is 2. The minimum absolute atomic E-state index is 0.00121. The highest BCUT2D eigenvalue weighted by Gasteiger charge is 2.26. The predicted molar refractivity (Wildman–Crippen MR) is 167 cm³/mol. The third-order valence-corrected chi connectivity index (χ3v) is 7.63. The largest absolute Gasteiger partial charge is 0.493 e. The second-order valence-electron chi connectivity index (χ2n) is 10.8. The molecule has 2 heterocycles. The Morgan fingerprint density at radius 3 is 2.55 bits per heavy atom. The number of pyridine rings is 1. The van der Waals surface area contributed by atoms with Crippen molar-refractivity contribution in [1.29, 1.82) is 0 Å². The van der Waals surface area contributed by atoms with E-state index < -0.39 is 0 Å². The number of hydrogen-bond donors (Lipinski definition) is 0. The number of aromatic nitrogens is 1. The van der Waals surface area contributed by atoms with Crippen molar-refractivity contribution in [3.63, 3.8) is 0 Å². The predicted octanol–water partition coefficient (Wildman–Crippen LogP) is 5.88. The molecule has 0 saturated heterocycles. The number of nitrogens with zero attached hydrogens (tertiary/aromatic N) is 4. The zero-order chi connectivity index (χ0) is 30.2. The van der Waals surface area contributed by atoms with Crippen molar-refractivity contribution in [1.82, 2.24) is 14.8 Å². The topological polar surface area (TPSA) is 75.2 Å². The molecule has 0 spiro atoms. The fraction of sp³-hybridized carbons (Fsp3) is 0.424. The van der Waals surface area contributed by atoms with Crippen molar-refractivity contribution < 1.29 is 19.1 Å². The Balaban J connectivity index is 1.73. The van der Waals surface area contributed by atoms with Crippen LogP contribution in [0.15, 0.2) is 54.6 Å². The van der Waals surface area contributed by atoms with E-state index in [0.717, 1.165) is 41.2 Å². The lowest BCUT2D eigenvalue weighted by Crippen LogP contribution is -2.38. The zero-order valence-electron chi connectivity index (χ0n) is 25.2. The molecular weight excluding hydrogens is 552 g/mol.